The molecule has 0 N–H and O–H groups in total. The molecule has 8 heteroatoms. The van der Waals surface area contributed by atoms with E-state index in [1.54, 1.807) is 0 Å². The molecular formula is C13H11Cl2N3O3. The molecule has 1 heterocycles. The fourth-order valence-corrected chi connectivity index (χ4v) is 2.13. The van der Waals surface area contributed by atoms with E-state index in [1.807, 2.05) is 6.92 Å². The number of halogens is 2. The van der Waals surface area contributed by atoms with Crippen molar-refractivity contribution in [3.8, 4) is 11.6 Å². The maximum atomic E-state index is 11.0. The molecule has 0 unspecified atom stereocenters. The van der Waals surface area contributed by atoms with Gasteiger partial charge in [-0.3, -0.25) is 10.1 Å². The van der Waals surface area contributed by atoms with Crippen LogP contribution in [0.5, 0.6) is 11.6 Å². The van der Waals surface area contributed by atoms with E-state index in [9.17, 15) is 10.1 Å². The third kappa shape index (κ3) is 3.59. The van der Waals surface area contributed by atoms with E-state index in [1.165, 1.54) is 24.5 Å². The molecule has 21 heavy (non-hydrogen) atoms. The normalized spacial score (nSPS) is 10.4. The molecule has 6 nitrogen and oxygen atoms in total. The van der Waals surface area contributed by atoms with E-state index in [2.05, 4.69) is 9.97 Å². The summed E-state index contributed by atoms with van der Waals surface area (Å²) in [6.07, 6.45) is 2.65. The van der Waals surface area contributed by atoms with E-state index in [0.717, 1.165) is 6.42 Å². The van der Waals surface area contributed by atoms with Gasteiger partial charge in [-0.2, -0.15) is 0 Å². The lowest BCUT2D eigenvalue weighted by molar-refractivity contribution is -0.385. The van der Waals surface area contributed by atoms with Gasteiger partial charge in [-0.05, 0) is 12.5 Å². The number of hydrogen-bond donors (Lipinski definition) is 0. The van der Waals surface area contributed by atoms with Gasteiger partial charge in [0.15, 0.2) is 0 Å². The molecule has 110 valence electrons. The zero-order valence-corrected chi connectivity index (χ0v) is 12.6. The first-order valence-electron chi connectivity index (χ1n) is 6.14. The zero-order chi connectivity index (χ0) is 15.4. The van der Waals surface area contributed by atoms with Gasteiger partial charge >= 0.3 is 5.69 Å². The molecule has 0 atom stereocenters. The Kier molecular flexibility index (Phi) is 4.93. The smallest absolute Gasteiger partial charge is 0.311 e. The number of nitro benzene ring substituents is 1. The molecule has 0 aliphatic heterocycles. The topological polar surface area (TPSA) is 78.2 Å². The summed E-state index contributed by atoms with van der Waals surface area (Å²) >= 11 is 11.9. The number of rotatable bonds is 5. The van der Waals surface area contributed by atoms with Crippen LogP contribution in [0.2, 0.25) is 10.2 Å². The summed E-state index contributed by atoms with van der Waals surface area (Å²) in [5.74, 6) is 0.210. The van der Waals surface area contributed by atoms with Gasteiger partial charge in [-0.25, -0.2) is 9.97 Å². The van der Waals surface area contributed by atoms with Gasteiger partial charge in [-0.1, -0.05) is 36.5 Å². The van der Waals surface area contributed by atoms with Gasteiger partial charge < -0.3 is 4.74 Å². The van der Waals surface area contributed by atoms with Crippen molar-refractivity contribution in [2.75, 3.05) is 0 Å². The first-order chi connectivity index (χ1) is 10.0. The Morgan fingerprint density at radius 1 is 1.33 bits per heavy atom. The average molecular weight is 328 g/mol. The van der Waals surface area contributed by atoms with Gasteiger partial charge in [0.05, 0.1) is 10.5 Å². The number of nitro groups is 1. The molecule has 2 aromatic rings. The van der Waals surface area contributed by atoms with Gasteiger partial charge in [0, 0.05) is 17.2 Å². The van der Waals surface area contributed by atoms with E-state index in [4.69, 9.17) is 27.9 Å². The van der Waals surface area contributed by atoms with Crippen LogP contribution in [0.3, 0.4) is 0 Å². The molecule has 0 aliphatic carbocycles. The molecule has 0 spiro atoms. The molecule has 0 amide bonds. The maximum Gasteiger partial charge on any atom is 0.311 e. The quantitative estimate of drug-likeness (QED) is 0.461. The molecule has 0 saturated heterocycles. The van der Waals surface area contributed by atoms with Crippen LogP contribution in [0.15, 0.2) is 24.5 Å². The van der Waals surface area contributed by atoms with E-state index < -0.39 is 4.92 Å². The minimum absolute atomic E-state index is 0.0135. The SMILES string of the molecule is CCCc1c(Cl)ncnc1Oc1cc(Cl)ccc1[N+](=O)[O-]. The second-order valence-electron chi connectivity index (χ2n) is 4.17. The van der Waals surface area contributed by atoms with Crippen LogP contribution in [0.25, 0.3) is 0 Å². The lowest BCUT2D eigenvalue weighted by atomic mass is 10.2. The zero-order valence-electron chi connectivity index (χ0n) is 11.0. The largest absolute Gasteiger partial charge is 0.431 e. The molecule has 1 aromatic carbocycles. The maximum absolute atomic E-state index is 11.0. The summed E-state index contributed by atoms with van der Waals surface area (Å²) < 4.78 is 5.55. The highest BCUT2D eigenvalue weighted by atomic mass is 35.5. The van der Waals surface area contributed by atoms with Crippen molar-refractivity contribution in [2.45, 2.75) is 19.8 Å². The predicted octanol–water partition coefficient (Wildman–Crippen LogP) is 4.44. The highest BCUT2D eigenvalue weighted by Crippen LogP contribution is 2.35. The molecular weight excluding hydrogens is 317 g/mol. The summed E-state index contributed by atoms with van der Waals surface area (Å²) in [5.41, 5.74) is 0.410. The lowest BCUT2D eigenvalue weighted by Gasteiger charge is -2.10. The van der Waals surface area contributed by atoms with Crippen LogP contribution in [-0.2, 0) is 6.42 Å². The molecule has 0 bridgehead atoms. The standard InChI is InChI=1S/C13H11Cl2N3O3/c1-2-3-9-12(15)16-7-17-13(9)21-11-6-8(14)4-5-10(11)18(19)20/h4-7H,2-3H2,1H3. The highest BCUT2D eigenvalue weighted by Gasteiger charge is 2.19. The van der Waals surface area contributed by atoms with Gasteiger partial charge in [0.1, 0.15) is 11.5 Å². The first-order valence-corrected chi connectivity index (χ1v) is 6.89. The number of ether oxygens (including phenoxy) is 1. The third-order valence-corrected chi connectivity index (χ3v) is 3.24. The van der Waals surface area contributed by atoms with Crippen LogP contribution in [0.1, 0.15) is 18.9 Å². The minimum atomic E-state index is -0.548. The van der Waals surface area contributed by atoms with Gasteiger partial charge in [-0.15, -0.1) is 0 Å². The summed E-state index contributed by atoms with van der Waals surface area (Å²) in [4.78, 5) is 18.4. The Morgan fingerprint density at radius 3 is 2.76 bits per heavy atom. The second-order valence-corrected chi connectivity index (χ2v) is 4.96. The Hall–Kier alpha value is -1.92. The van der Waals surface area contributed by atoms with E-state index >= 15 is 0 Å². The van der Waals surface area contributed by atoms with Crippen molar-refractivity contribution in [2.24, 2.45) is 0 Å². The molecule has 0 aliphatic rings. The summed E-state index contributed by atoms with van der Waals surface area (Å²) in [7, 11) is 0. The van der Waals surface area contributed by atoms with Crippen molar-refractivity contribution in [3.63, 3.8) is 0 Å². The fourth-order valence-electron chi connectivity index (χ4n) is 1.75. The second kappa shape index (κ2) is 6.69. The Labute approximate surface area is 130 Å². The third-order valence-electron chi connectivity index (χ3n) is 2.68. The lowest BCUT2D eigenvalue weighted by Crippen LogP contribution is -2.00. The number of hydrogen-bond acceptors (Lipinski definition) is 5. The predicted molar refractivity (Wildman–Crippen MR) is 79.2 cm³/mol. The summed E-state index contributed by atoms with van der Waals surface area (Å²) in [5, 5.41) is 11.6. The minimum Gasteiger partial charge on any atom is -0.431 e. The van der Waals surface area contributed by atoms with Crippen molar-refractivity contribution >= 4 is 28.9 Å². The van der Waals surface area contributed by atoms with Crippen LogP contribution in [0, 0.1) is 10.1 Å². The van der Waals surface area contributed by atoms with Crippen molar-refractivity contribution in [1.29, 1.82) is 0 Å². The van der Waals surface area contributed by atoms with Crippen molar-refractivity contribution in [3.05, 3.63) is 50.4 Å². The average Bonchev–Trinajstić information content (AvgIpc) is 2.42. The molecule has 0 radical (unpaired) electrons. The molecule has 0 saturated carbocycles. The summed E-state index contributed by atoms with van der Waals surface area (Å²) in [6, 6.07) is 4.07. The van der Waals surface area contributed by atoms with Crippen LogP contribution in [-0.4, -0.2) is 14.9 Å². The van der Waals surface area contributed by atoms with Crippen molar-refractivity contribution < 1.29 is 9.66 Å². The number of nitrogens with zero attached hydrogens (tertiary/aromatic N) is 3. The number of benzene rings is 1. The van der Waals surface area contributed by atoms with Gasteiger partial charge in [0.25, 0.3) is 0 Å². The van der Waals surface area contributed by atoms with Crippen LogP contribution < -0.4 is 4.74 Å². The monoisotopic (exact) mass is 327 g/mol. The Bertz CT molecular complexity index is 680. The molecule has 2 rings (SSSR count). The Morgan fingerprint density at radius 2 is 2.10 bits per heavy atom. The van der Waals surface area contributed by atoms with E-state index in [0.29, 0.717) is 17.0 Å². The fraction of sp³-hybridized carbons (Fsp3) is 0.231. The number of aromatic nitrogens is 2. The molecule has 1 aromatic heterocycles. The van der Waals surface area contributed by atoms with Gasteiger partial charge in [0.2, 0.25) is 11.6 Å². The van der Waals surface area contributed by atoms with Crippen LogP contribution >= 0.6 is 23.2 Å². The first kappa shape index (κ1) is 15.5. The van der Waals surface area contributed by atoms with Crippen molar-refractivity contribution in [1.82, 2.24) is 9.97 Å². The van der Waals surface area contributed by atoms with E-state index in [-0.39, 0.29) is 22.5 Å². The highest BCUT2D eigenvalue weighted by molar-refractivity contribution is 6.31. The molecule has 0 fully saturated rings. The Balaban J connectivity index is 2.45. The van der Waals surface area contributed by atoms with Crippen LogP contribution in [0.4, 0.5) is 5.69 Å². The summed E-state index contributed by atoms with van der Waals surface area (Å²) in [6.45, 7) is 1.97.